The number of thiocarbonyl (C=S) groups is 1. The number of benzene rings is 1. The van der Waals surface area contributed by atoms with Crippen molar-refractivity contribution < 1.29 is 19.1 Å². The number of Topliss-reactive ketones (excluding diaryl/α,β-unsaturated/α-hetero) is 1. The summed E-state index contributed by atoms with van der Waals surface area (Å²) in [6.45, 7) is 4.07. The highest BCUT2D eigenvalue weighted by Crippen LogP contribution is 2.41. The van der Waals surface area contributed by atoms with Crippen molar-refractivity contribution in [1.82, 2.24) is 10.6 Å². The molecule has 1 heterocycles. The Labute approximate surface area is 194 Å². The Morgan fingerprint density at radius 2 is 1.91 bits per heavy atom. The van der Waals surface area contributed by atoms with E-state index in [2.05, 4.69) is 22.9 Å². The standard InChI is InChI=1S/C23H32N4O4S/c1-3-18-19(17(28)13-31-18)27-21(30)16(12-23(2)10-4-5-11-23)26-20(29)14-6-8-15(9-7-14)25-22(24)32/h6-9,16,18-19H,3-5,10-13H2,1-2H3,(H,26,29)(H,27,30)(H3,24,25,32)/t16-,18-,19+/m0/s1. The highest BCUT2D eigenvalue weighted by Gasteiger charge is 2.39. The summed E-state index contributed by atoms with van der Waals surface area (Å²) in [6, 6.07) is 5.26. The van der Waals surface area contributed by atoms with Gasteiger partial charge in [0, 0.05) is 11.3 Å². The molecule has 1 aliphatic heterocycles. The second-order valence-electron chi connectivity index (χ2n) is 9.02. The Morgan fingerprint density at radius 1 is 1.25 bits per heavy atom. The molecule has 0 radical (unpaired) electrons. The van der Waals surface area contributed by atoms with E-state index < -0.39 is 12.1 Å². The van der Waals surface area contributed by atoms with Crippen LogP contribution in [0.2, 0.25) is 0 Å². The molecule has 2 amide bonds. The average molecular weight is 461 g/mol. The van der Waals surface area contributed by atoms with Crippen LogP contribution in [0.4, 0.5) is 5.69 Å². The lowest BCUT2D eigenvalue weighted by Crippen LogP contribution is -2.54. The number of hydrogen-bond donors (Lipinski definition) is 4. The van der Waals surface area contributed by atoms with E-state index in [-0.39, 0.29) is 40.8 Å². The molecule has 1 aliphatic carbocycles. The molecule has 1 saturated heterocycles. The predicted octanol–water partition coefficient (Wildman–Crippen LogP) is 2.27. The molecule has 0 unspecified atom stereocenters. The van der Waals surface area contributed by atoms with E-state index in [9.17, 15) is 14.4 Å². The summed E-state index contributed by atoms with van der Waals surface area (Å²) >= 11 is 4.82. The van der Waals surface area contributed by atoms with E-state index in [1.807, 2.05) is 6.92 Å². The van der Waals surface area contributed by atoms with Gasteiger partial charge >= 0.3 is 0 Å². The summed E-state index contributed by atoms with van der Waals surface area (Å²) < 4.78 is 5.47. The molecule has 3 atom stereocenters. The number of anilines is 1. The highest BCUT2D eigenvalue weighted by atomic mass is 32.1. The number of nitrogens with two attached hydrogens (primary N) is 1. The number of nitrogens with one attached hydrogen (secondary N) is 3. The number of carbonyl (C=O) groups is 3. The zero-order valence-electron chi connectivity index (χ0n) is 18.6. The van der Waals surface area contributed by atoms with E-state index in [1.54, 1.807) is 24.3 Å². The zero-order valence-corrected chi connectivity index (χ0v) is 19.4. The van der Waals surface area contributed by atoms with Crippen LogP contribution in [0.15, 0.2) is 24.3 Å². The second kappa shape index (κ2) is 10.4. The molecule has 0 aromatic heterocycles. The monoisotopic (exact) mass is 460 g/mol. The summed E-state index contributed by atoms with van der Waals surface area (Å²) in [7, 11) is 0. The van der Waals surface area contributed by atoms with E-state index in [4.69, 9.17) is 22.7 Å². The molecule has 1 aromatic rings. The third-order valence-electron chi connectivity index (χ3n) is 6.40. The molecule has 32 heavy (non-hydrogen) atoms. The Hall–Kier alpha value is -2.52. The van der Waals surface area contributed by atoms with Gasteiger partial charge in [-0.1, -0.05) is 26.7 Å². The molecule has 2 fully saturated rings. The van der Waals surface area contributed by atoms with E-state index in [0.717, 1.165) is 25.7 Å². The van der Waals surface area contributed by atoms with Gasteiger partial charge in [-0.05, 0) is 67.6 Å². The summed E-state index contributed by atoms with van der Waals surface area (Å²) in [6.07, 6.45) is 5.05. The maximum Gasteiger partial charge on any atom is 0.251 e. The molecule has 0 spiro atoms. The first-order valence-electron chi connectivity index (χ1n) is 11.1. The van der Waals surface area contributed by atoms with Crippen molar-refractivity contribution in [2.24, 2.45) is 11.1 Å². The van der Waals surface area contributed by atoms with Crippen LogP contribution in [-0.2, 0) is 14.3 Å². The van der Waals surface area contributed by atoms with E-state index in [0.29, 0.717) is 24.1 Å². The van der Waals surface area contributed by atoms with Crippen LogP contribution < -0.4 is 21.7 Å². The first-order valence-corrected chi connectivity index (χ1v) is 11.5. The summed E-state index contributed by atoms with van der Waals surface area (Å²) in [5.41, 5.74) is 6.53. The van der Waals surface area contributed by atoms with Crippen LogP contribution in [-0.4, -0.2) is 47.5 Å². The van der Waals surface area contributed by atoms with Crippen LogP contribution in [0.5, 0.6) is 0 Å². The minimum Gasteiger partial charge on any atom is -0.376 e. The van der Waals surface area contributed by atoms with Gasteiger partial charge in [-0.25, -0.2) is 0 Å². The Morgan fingerprint density at radius 3 is 2.50 bits per heavy atom. The van der Waals surface area contributed by atoms with Crippen LogP contribution >= 0.6 is 12.2 Å². The van der Waals surface area contributed by atoms with Crippen molar-refractivity contribution in [3.8, 4) is 0 Å². The van der Waals surface area contributed by atoms with Crippen molar-refractivity contribution >= 4 is 40.6 Å². The molecule has 3 rings (SSSR count). The molecule has 8 nitrogen and oxygen atoms in total. The maximum atomic E-state index is 13.2. The third-order valence-corrected chi connectivity index (χ3v) is 6.50. The first kappa shape index (κ1) is 24.1. The largest absolute Gasteiger partial charge is 0.376 e. The normalized spacial score (nSPS) is 22.9. The van der Waals surface area contributed by atoms with Gasteiger partial charge in [0.15, 0.2) is 10.9 Å². The topological polar surface area (TPSA) is 123 Å². The van der Waals surface area contributed by atoms with Gasteiger partial charge in [0.05, 0.1) is 6.10 Å². The molecule has 1 saturated carbocycles. The number of amides is 2. The minimum atomic E-state index is -0.745. The van der Waals surface area contributed by atoms with Crippen molar-refractivity contribution in [2.45, 2.75) is 70.6 Å². The number of ketones is 1. The lowest BCUT2D eigenvalue weighted by molar-refractivity contribution is -0.128. The summed E-state index contributed by atoms with van der Waals surface area (Å²) in [5, 5.41) is 8.68. The lowest BCUT2D eigenvalue weighted by Gasteiger charge is -2.30. The molecule has 1 aromatic carbocycles. The maximum absolute atomic E-state index is 13.2. The average Bonchev–Trinajstić information content (AvgIpc) is 3.33. The van der Waals surface area contributed by atoms with Gasteiger partial charge in [0.25, 0.3) is 5.91 Å². The predicted molar refractivity (Wildman–Crippen MR) is 126 cm³/mol. The fraction of sp³-hybridized carbons (Fsp3) is 0.565. The third kappa shape index (κ3) is 6.04. The Bertz CT molecular complexity index is 867. The molecular formula is C23H32N4O4S. The van der Waals surface area contributed by atoms with Crippen molar-refractivity contribution in [2.75, 3.05) is 11.9 Å². The summed E-state index contributed by atoms with van der Waals surface area (Å²) in [4.78, 5) is 38.4. The number of rotatable bonds is 8. The van der Waals surface area contributed by atoms with Gasteiger partial charge in [-0.15, -0.1) is 0 Å². The van der Waals surface area contributed by atoms with Crippen LogP contribution in [0.1, 0.15) is 62.7 Å². The summed E-state index contributed by atoms with van der Waals surface area (Å²) in [5.74, 6) is -0.835. The molecule has 9 heteroatoms. The van der Waals surface area contributed by atoms with Crippen molar-refractivity contribution in [1.29, 1.82) is 0 Å². The quantitative estimate of drug-likeness (QED) is 0.439. The fourth-order valence-electron chi connectivity index (χ4n) is 4.59. The minimum absolute atomic E-state index is 0.00478. The second-order valence-corrected chi connectivity index (χ2v) is 9.46. The molecule has 5 N–H and O–H groups in total. The van der Waals surface area contributed by atoms with Crippen molar-refractivity contribution in [3.05, 3.63) is 29.8 Å². The SMILES string of the molecule is CC[C@@H]1OCC(=O)[C@H]1NC(=O)[C@H](CC1(C)CCCC1)NC(=O)c1ccc(NC(N)=S)cc1. The fourth-order valence-corrected chi connectivity index (χ4v) is 4.70. The first-order chi connectivity index (χ1) is 15.2. The van der Waals surface area contributed by atoms with Gasteiger partial charge in [0.1, 0.15) is 18.7 Å². The Balaban J connectivity index is 1.73. The number of carbonyl (C=O) groups excluding carboxylic acids is 3. The van der Waals surface area contributed by atoms with Gasteiger partial charge in [0.2, 0.25) is 5.91 Å². The zero-order chi connectivity index (χ0) is 23.3. The van der Waals surface area contributed by atoms with Crippen LogP contribution in [0.25, 0.3) is 0 Å². The van der Waals surface area contributed by atoms with Crippen LogP contribution in [0, 0.1) is 5.41 Å². The Kier molecular flexibility index (Phi) is 7.84. The number of hydrogen-bond acceptors (Lipinski definition) is 5. The molecule has 174 valence electrons. The van der Waals surface area contributed by atoms with Crippen LogP contribution in [0.3, 0.4) is 0 Å². The molecule has 0 bridgehead atoms. The highest BCUT2D eigenvalue weighted by molar-refractivity contribution is 7.80. The van der Waals surface area contributed by atoms with E-state index >= 15 is 0 Å². The number of ether oxygens (including phenoxy) is 1. The van der Waals surface area contributed by atoms with Gasteiger partial charge < -0.3 is 26.4 Å². The lowest BCUT2D eigenvalue weighted by atomic mass is 9.81. The van der Waals surface area contributed by atoms with Gasteiger partial charge in [-0.2, -0.15) is 0 Å². The van der Waals surface area contributed by atoms with Gasteiger partial charge in [-0.3, -0.25) is 14.4 Å². The van der Waals surface area contributed by atoms with E-state index in [1.165, 1.54) is 0 Å². The smallest absolute Gasteiger partial charge is 0.251 e. The molecule has 2 aliphatic rings. The molecular weight excluding hydrogens is 428 g/mol. The van der Waals surface area contributed by atoms with Crippen molar-refractivity contribution in [3.63, 3.8) is 0 Å².